The normalized spacial score (nSPS) is 30.3. The Morgan fingerprint density at radius 1 is 0.932 bits per heavy atom. The molecule has 6 heteroatoms. The zero-order valence-electron chi connectivity index (χ0n) is 27.6. The average Bonchev–Trinajstić information content (AvgIpc) is 2.91. The second-order valence-corrected chi connectivity index (χ2v) is 15.0. The molecule has 1 aromatic carbocycles. The Labute approximate surface area is 260 Å². The molecule has 5 rings (SSSR count). The predicted molar refractivity (Wildman–Crippen MR) is 175 cm³/mol. The molecular formula is C38H48O6. The van der Waals surface area contributed by atoms with Gasteiger partial charge in [0.2, 0.25) is 0 Å². The van der Waals surface area contributed by atoms with Crippen molar-refractivity contribution in [3.63, 3.8) is 0 Å². The summed E-state index contributed by atoms with van der Waals surface area (Å²) in [6, 6.07) is 2.42. The molecule has 1 spiro atoms. The highest BCUT2D eigenvalue weighted by Crippen LogP contribution is 2.72. The highest BCUT2D eigenvalue weighted by Gasteiger charge is 2.77. The second kappa shape index (κ2) is 10.6. The molecule has 0 saturated heterocycles. The Bertz CT molecular complexity index is 1700. The maximum absolute atomic E-state index is 15.6. The van der Waals surface area contributed by atoms with Crippen molar-refractivity contribution in [3.8, 4) is 11.5 Å². The molecule has 1 aromatic heterocycles. The molecule has 0 aliphatic heterocycles. The van der Waals surface area contributed by atoms with Crippen molar-refractivity contribution in [1.29, 1.82) is 0 Å². The van der Waals surface area contributed by atoms with Crippen LogP contribution in [0.1, 0.15) is 105 Å². The Balaban J connectivity index is 1.95. The number of allylic oxidation sites excluding steroid dienone is 6. The number of Topliss-reactive ketones (excluding diaryl/α,β-unsaturated/α-hetero) is 1. The van der Waals surface area contributed by atoms with Gasteiger partial charge in [-0.25, -0.2) is 0 Å². The fourth-order valence-corrected chi connectivity index (χ4v) is 8.53. The number of rotatable bonds is 6. The summed E-state index contributed by atoms with van der Waals surface area (Å²) in [5, 5.41) is 33.9. The molecule has 0 amide bonds. The first-order valence-electron chi connectivity index (χ1n) is 15.8. The van der Waals surface area contributed by atoms with Gasteiger partial charge in [0.1, 0.15) is 16.9 Å². The highest BCUT2D eigenvalue weighted by atomic mass is 16.3. The van der Waals surface area contributed by atoms with Gasteiger partial charge in [-0.15, -0.1) is 0 Å². The van der Waals surface area contributed by atoms with Gasteiger partial charge >= 0.3 is 0 Å². The Morgan fingerprint density at radius 3 is 2.14 bits per heavy atom. The van der Waals surface area contributed by atoms with E-state index in [-0.39, 0.29) is 46.3 Å². The second-order valence-electron chi connectivity index (χ2n) is 15.0. The van der Waals surface area contributed by atoms with E-state index in [9.17, 15) is 20.1 Å². The zero-order valence-corrected chi connectivity index (χ0v) is 27.6. The molecule has 6 nitrogen and oxygen atoms in total. The van der Waals surface area contributed by atoms with Crippen molar-refractivity contribution in [2.45, 2.75) is 105 Å². The van der Waals surface area contributed by atoms with E-state index < -0.39 is 38.8 Å². The van der Waals surface area contributed by atoms with Crippen molar-refractivity contribution in [2.75, 3.05) is 0 Å². The van der Waals surface area contributed by atoms with Crippen molar-refractivity contribution in [2.24, 2.45) is 22.7 Å². The zero-order chi connectivity index (χ0) is 32.6. The van der Waals surface area contributed by atoms with Crippen molar-refractivity contribution in [3.05, 3.63) is 80.8 Å². The molecule has 2 bridgehead atoms. The number of ketones is 1. The monoisotopic (exact) mass is 600 g/mol. The lowest BCUT2D eigenvalue weighted by molar-refractivity contribution is -0.203. The first-order chi connectivity index (χ1) is 20.4. The third-order valence-corrected chi connectivity index (χ3v) is 11.2. The van der Waals surface area contributed by atoms with E-state index in [0.29, 0.717) is 25.7 Å². The number of benzene rings is 1. The lowest BCUT2D eigenvalue weighted by Crippen LogP contribution is -2.73. The summed E-state index contributed by atoms with van der Waals surface area (Å²) in [6.45, 7) is 20.8. The molecule has 0 radical (unpaired) electrons. The van der Waals surface area contributed by atoms with E-state index in [0.717, 1.165) is 17.6 Å². The average molecular weight is 601 g/mol. The molecule has 236 valence electrons. The van der Waals surface area contributed by atoms with E-state index >= 15 is 4.79 Å². The molecule has 3 aliphatic carbocycles. The fraction of sp³-hybridized carbons (Fsp3) is 0.526. The number of phenols is 2. The molecule has 2 saturated carbocycles. The first-order valence-corrected chi connectivity index (χ1v) is 15.8. The van der Waals surface area contributed by atoms with Crippen LogP contribution in [0.2, 0.25) is 0 Å². The van der Waals surface area contributed by atoms with Gasteiger partial charge in [-0.2, -0.15) is 0 Å². The van der Waals surface area contributed by atoms with Crippen LogP contribution in [-0.2, 0) is 15.8 Å². The number of fused-ring (bicyclic) bond motifs is 5. The smallest absolute Gasteiger partial charge is 0.199 e. The van der Waals surface area contributed by atoms with Gasteiger partial charge in [0.15, 0.2) is 22.7 Å². The largest absolute Gasteiger partial charge is 0.504 e. The van der Waals surface area contributed by atoms with Crippen LogP contribution in [0.5, 0.6) is 11.5 Å². The van der Waals surface area contributed by atoms with Crippen molar-refractivity contribution >= 4 is 16.8 Å². The maximum atomic E-state index is 15.6. The topological polar surface area (TPSA) is 108 Å². The molecule has 0 unspecified atom stereocenters. The Morgan fingerprint density at radius 2 is 1.52 bits per heavy atom. The van der Waals surface area contributed by atoms with E-state index in [1.165, 1.54) is 23.3 Å². The van der Waals surface area contributed by atoms with Crippen LogP contribution in [0, 0.1) is 22.7 Å². The summed E-state index contributed by atoms with van der Waals surface area (Å²) in [5.74, 6) is -0.804. The number of carbonyl (C=O) groups is 1. The summed E-state index contributed by atoms with van der Waals surface area (Å²) in [7, 11) is 0. The molecular weight excluding hydrogens is 552 g/mol. The third kappa shape index (κ3) is 4.39. The number of aromatic hydroxyl groups is 2. The molecule has 44 heavy (non-hydrogen) atoms. The summed E-state index contributed by atoms with van der Waals surface area (Å²) in [5.41, 5.74) is -1.11. The van der Waals surface area contributed by atoms with Gasteiger partial charge in [0.25, 0.3) is 0 Å². The molecule has 1 heterocycles. The minimum atomic E-state index is -1.84. The van der Waals surface area contributed by atoms with Crippen LogP contribution in [0.25, 0.3) is 11.0 Å². The molecule has 3 N–H and O–H groups in total. The minimum absolute atomic E-state index is 0.00924. The van der Waals surface area contributed by atoms with Gasteiger partial charge in [0.05, 0.1) is 21.8 Å². The van der Waals surface area contributed by atoms with Crippen LogP contribution < -0.4 is 5.43 Å². The first kappa shape index (κ1) is 32.0. The van der Waals surface area contributed by atoms with E-state index in [1.54, 1.807) is 0 Å². The molecule has 3 aliphatic rings. The minimum Gasteiger partial charge on any atom is -0.504 e. The standard InChI is InChI=1S/C38H48O6/c1-21(2)10-12-25-19-36-20-26(13-11-22(3)4)35(8,9)37(34(36)42,15-14-23(5)6)33-31(38(36,43)18-24(25)7)32(41)27-16-28(39)29(40)17-30(27)44-33/h10-11,14,16-17,25-26,39-40,43H,7,12-13,15,18-20H2,1-6,8-9H3/t25-,26-,36-,37-,38+/m0/s1. The third-order valence-electron chi connectivity index (χ3n) is 11.2. The number of phenolic OH excluding ortho intramolecular Hbond substituents is 2. The summed E-state index contributed by atoms with van der Waals surface area (Å²) >= 11 is 0. The SMILES string of the molecule is C=C1C[C@@]2(O)c3c(oc4cc(O)c(O)cc4c3=O)[C@@]3(CC=C(C)C)C(=O)[C@]2(C[C@@H]1CC=C(C)C)C[C@H](CC=C(C)C)C3(C)C. The van der Waals surface area contributed by atoms with Gasteiger partial charge in [-0.1, -0.05) is 60.9 Å². The van der Waals surface area contributed by atoms with Crippen LogP contribution >= 0.6 is 0 Å². The highest BCUT2D eigenvalue weighted by molar-refractivity contribution is 6.01. The van der Waals surface area contributed by atoms with Crippen LogP contribution in [0.15, 0.2) is 68.4 Å². The van der Waals surface area contributed by atoms with E-state index in [2.05, 4.69) is 60.3 Å². The number of hydrogen-bond acceptors (Lipinski definition) is 6. The van der Waals surface area contributed by atoms with Crippen molar-refractivity contribution in [1.82, 2.24) is 0 Å². The van der Waals surface area contributed by atoms with Crippen LogP contribution in [-0.4, -0.2) is 21.1 Å². The predicted octanol–water partition coefficient (Wildman–Crippen LogP) is 8.28. The molecule has 5 atom stereocenters. The Hall–Kier alpha value is -3.38. The number of hydrogen-bond donors (Lipinski definition) is 3. The quantitative estimate of drug-likeness (QED) is 0.227. The number of aliphatic hydroxyl groups is 1. The van der Waals surface area contributed by atoms with Crippen LogP contribution in [0.4, 0.5) is 0 Å². The lowest BCUT2D eigenvalue weighted by atomic mass is 9.35. The summed E-state index contributed by atoms with van der Waals surface area (Å²) < 4.78 is 6.62. The molecule has 2 aromatic rings. The Kier molecular flexibility index (Phi) is 7.72. The number of carbonyl (C=O) groups excluding carboxylic acids is 1. The van der Waals surface area contributed by atoms with E-state index in [4.69, 9.17) is 4.42 Å². The van der Waals surface area contributed by atoms with Gasteiger partial charge in [-0.3, -0.25) is 9.59 Å². The van der Waals surface area contributed by atoms with Gasteiger partial charge in [0, 0.05) is 12.5 Å². The summed E-state index contributed by atoms with van der Waals surface area (Å²) in [4.78, 5) is 30.3. The maximum Gasteiger partial charge on any atom is 0.199 e. The van der Waals surface area contributed by atoms with Crippen LogP contribution in [0.3, 0.4) is 0 Å². The van der Waals surface area contributed by atoms with E-state index in [1.807, 2.05) is 19.9 Å². The van der Waals surface area contributed by atoms with Gasteiger partial charge in [-0.05, 0) is 97.0 Å². The van der Waals surface area contributed by atoms with Gasteiger partial charge < -0.3 is 19.7 Å². The summed E-state index contributed by atoms with van der Waals surface area (Å²) in [6.07, 6.45) is 9.07. The van der Waals surface area contributed by atoms with Crippen molar-refractivity contribution < 1.29 is 24.5 Å². The fourth-order valence-electron chi connectivity index (χ4n) is 8.53. The molecule has 2 fully saturated rings. The lowest BCUT2D eigenvalue weighted by Gasteiger charge is -2.67.